The van der Waals surface area contributed by atoms with Gasteiger partial charge in [-0.05, 0) is 37.0 Å². The zero-order chi connectivity index (χ0) is 22.6. The fraction of sp³-hybridized carbons (Fsp3) is 0.440. The van der Waals surface area contributed by atoms with Crippen LogP contribution >= 0.6 is 11.3 Å². The molecular weight excluding hydrogens is 436 g/mol. The van der Waals surface area contributed by atoms with Crippen LogP contribution in [0.4, 0.5) is 5.13 Å². The number of anilines is 1. The van der Waals surface area contributed by atoms with Crippen molar-refractivity contribution in [3.63, 3.8) is 0 Å². The van der Waals surface area contributed by atoms with Crippen LogP contribution in [0.3, 0.4) is 0 Å². The number of hydrogen-bond acceptors (Lipinski definition) is 7. The van der Waals surface area contributed by atoms with Gasteiger partial charge in [0.1, 0.15) is 0 Å². The summed E-state index contributed by atoms with van der Waals surface area (Å²) in [5.74, 6) is 1.38. The monoisotopic (exact) mass is 464 g/mol. The Kier molecular flexibility index (Phi) is 4.96. The lowest BCUT2D eigenvalue weighted by Crippen LogP contribution is -2.31. The molecule has 2 saturated carbocycles. The van der Waals surface area contributed by atoms with E-state index in [2.05, 4.69) is 33.1 Å². The van der Waals surface area contributed by atoms with Crippen molar-refractivity contribution in [2.45, 2.75) is 50.8 Å². The van der Waals surface area contributed by atoms with Gasteiger partial charge in [0.25, 0.3) is 0 Å². The van der Waals surface area contributed by atoms with Crippen LogP contribution in [0.1, 0.15) is 37.7 Å². The molecule has 172 valence electrons. The highest BCUT2D eigenvalue weighted by atomic mass is 32.1. The molecule has 0 aliphatic heterocycles. The van der Waals surface area contributed by atoms with Crippen molar-refractivity contribution >= 4 is 37.7 Å². The molecule has 2 aliphatic rings. The molecule has 0 bridgehead atoms. The summed E-state index contributed by atoms with van der Waals surface area (Å²) in [4.78, 5) is 9.34. The van der Waals surface area contributed by atoms with Crippen molar-refractivity contribution in [1.82, 2.24) is 14.5 Å². The Hall–Kier alpha value is -2.84. The lowest BCUT2D eigenvalue weighted by molar-refractivity contribution is 0.0525. The topological polar surface area (TPSA) is 81.4 Å². The van der Waals surface area contributed by atoms with E-state index in [-0.39, 0.29) is 11.5 Å². The molecule has 8 heteroatoms. The first-order chi connectivity index (χ1) is 16.1. The number of aromatic nitrogens is 3. The molecule has 2 fully saturated rings. The average Bonchev–Trinajstić information content (AvgIpc) is 3.14. The quantitative estimate of drug-likeness (QED) is 0.426. The first-order valence-electron chi connectivity index (χ1n) is 11.5. The van der Waals surface area contributed by atoms with Gasteiger partial charge in [0.05, 0.1) is 47.9 Å². The van der Waals surface area contributed by atoms with Crippen molar-refractivity contribution in [1.29, 1.82) is 0 Å². The smallest absolute Gasteiger partial charge is 0.184 e. The summed E-state index contributed by atoms with van der Waals surface area (Å²) in [5, 5.41) is 15.1. The Bertz CT molecular complexity index is 1330. The number of fused-ring (bicyclic) bond motifs is 2. The van der Waals surface area contributed by atoms with Gasteiger partial charge in [-0.1, -0.05) is 30.2 Å². The Labute approximate surface area is 196 Å². The number of aliphatic hydroxyl groups is 1. The van der Waals surface area contributed by atoms with Gasteiger partial charge < -0.3 is 24.5 Å². The molecular formula is C25H28N4O3S. The minimum absolute atomic E-state index is 0.0769. The first kappa shape index (κ1) is 20.7. The molecule has 2 aliphatic carbocycles. The number of aliphatic hydroxyl groups excluding tert-OH is 1. The van der Waals surface area contributed by atoms with E-state index in [1.54, 1.807) is 25.6 Å². The molecule has 0 radical (unpaired) electrons. The molecule has 6 rings (SSSR count). The molecule has 3 atom stereocenters. The van der Waals surface area contributed by atoms with Crippen LogP contribution in [0, 0.1) is 5.41 Å². The molecule has 2 heterocycles. The van der Waals surface area contributed by atoms with E-state index in [4.69, 9.17) is 14.5 Å². The van der Waals surface area contributed by atoms with Gasteiger partial charge in [-0.15, -0.1) is 0 Å². The maximum Gasteiger partial charge on any atom is 0.184 e. The fourth-order valence-electron chi connectivity index (χ4n) is 5.39. The van der Waals surface area contributed by atoms with E-state index in [1.807, 2.05) is 18.5 Å². The number of rotatable bonds is 6. The second-order valence-electron chi connectivity index (χ2n) is 9.29. The molecule has 33 heavy (non-hydrogen) atoms. The zero-order valence-corrected chi connectivity index (χ0v) is 19.7. The third kappa shape index (κ3) is 3.52. The van der Waals surface area contributed by atoms with Gasteiger partial charge in [-0.2, -0.15) is 0 Å². The van der Waals surface area contributed by atoms with Crippen LogP contribution in [0.2, 0.25) is 0 Å². The lowest BCUT2D eigenvalue weighted by Gasteiger charge is -2.28. The number of nitrogens with one attached hydrogen (secondary N) is 1. The van der Waals surface area contributed by atoms with Crippen LogP contribution in [0.25, 0.3) is 21.3 Å². The second-order valence-corrected chi connectivity index (χ2v) is 10.3. The predicted molar refractivity (Wildman–Crippen MR) is 130 cm³/mol. The summed E-state index contributed by atoms with van der Waals surface area (Å²) < 4.78 is 14.2. The van der Waals surface area contributed by atoms with Gasteiger partial charge in [0.2, 0.25) is 0 Å². The van der Waals surface area contributed by atoms with E-state index < -0.39 is 0 Å². The Morgan fingerprint density at radius 2 is 2.00 bits per heavy atom. The van der Waals surface area contributed by atoms with Crippen molar-refractivity contribution in [2.75, 3.05) is 19.5 Å². The van der Waals surface area contributed by atoms with Crippen LogP contribution in [-0.4, -0.2) is 46.0 Å². The molecule has 2 aromatic heterocycles. The fourth-order valence-corrected chi connectivity index (χ4v) is 6.37. The van der Waals surface area contributed by atoms with Crippen molar-refractivity contribution in [3.8, 4) is 11.5 Å². The van der Waals surface area contributed by atoms with Crippen molar-refractivity contribution in [2.24, 2.45) is 5.41 Å². The molecule has 2 unspecified atom stereocenters. The molecule has 0 saturated heterocycles. The highest BCUT2D eigenvalue weighted by molar-refractivity contribution is 7.22. The largest absolute Gasteiger partial charge is 0.493 e. The maximum absolute atomic E-state index is 10.5. The lowest BCUT2D eigenvalue weighted by atomic mass is 9.83. The number of thiazole rings is 1. The number of ether oxygens (including phenoxy) is 2. The van der Waals surface area contributed by atoms with Crippen LogP contribution in [0.15, 0.2) is 36.7 Å². The summed E-state index contributed by atoms with van der Waals surface area (Å²) in [6.07, 6.45) is 7.16. The number of nitrogens with zero attached hydrogens (tertiary/aromatic N) is 3. The van der Waals surface area contributed by atoms with E-state index >= 15 is 0 Å². The molecule has 4 aromatic rings. The van der Waals surface area contributed by atoms with Gasteiger partial charge >= 0.3 is 0 Å². The minimum Gasteiger partial charge on any atom is -0.493 e. The SMILES string of the molecule is COc1cc2ncn(Cc3ccc4nc(NC5CC56CCCC[C@@H]6O)sc4c3)c2cc1OC. The maximum atomic E-state index is 10.5. The van der Waals surface area contributed by atoms with E-state index in [0.717, 1.165) is 52.1 Å². The summed E-state index contributed by atoms with van der Waals surface area (Å²) in [6.45, 7) is 0.709. The number of imidazole rings is 1. The molecule has 7 nitrogen and oxygen atoms in total. The molecule has 2 aromatic carbocycles. The van der Waals surface area contributed by atoms with Crippen molar-refractivity contribution in [3.05, 3.63) is 42.2 Å². The Morgan fingerprint density at radius 1 is 1.15 bits per heavy atom. The Balaban J connectivity index is 1.22. The van der Waals surface area contributed by atoms with Crippen LogP contribution in [0.5, 0.6) is 11.5 Å². The van der Waals surface area contributed by atoms with E-state index in [0.29, 0.717) is 24.1 Å². The van der Waals surface area contributed by atoms with Gasteiger partial charge in [-0.3, -0.25) is 0 Å². The zero-order valence-electron chi connectivity index (χ0n) is 18.9. The second kappa shape index (κ2) is 7.88. The van der Waals surface area contributed by atoms with E-state index in [9.17, 15) is 5.11 Å². The third-order valence-electron chi connectivity index (χ3n) is 7.38. The average molecular weight is 465 g/mol. The summed E-state index contributed by atoms with van der Waals surface area (Å²) in [6, 6.07) is 10.7. The van der Waals surface area contributed by atoms with E-state index in [1.165, 1.54) is 12.0 Å². The summed E-state index contributed by atoms with van der Waals surface area (Å²) >= 11 is 1.69. The Morgan fingerprint density at radius 3 is 2.82 bits per heavy atom. The molecule has 2 N–H and O–H groups in total. The minimum atomic E-state index is -0.173. The highest BCUT2D eigenvalue weighted by Gasteiger charge is 2.59. The van der Waals surface area contributed by atoms with Crippen molar-refractivity contribution < 1.29 is 14.6 Å². The standard InChI is InChI=1S/C25H28N4O3S/c1-31-19-10-17-18(11-20(19)32-2)29(14-26-17)13-15-6-7-16-21(9-15)33-24(27-16)28-22-12-25(22)8-4-3-5-23(25)30/h6-7,9-11,14,22-23,30H,3-5,8,12-13H2,1-2H3,(H,27,28)/t22?,23-,25?/m0/s1. The molecule has 1 spiro atoms. The first-order valence-corrected chi connectivity index (χ1v) is 12.3. The van der Waals surface area contributed by atoms with Gasteiger partial charge in [-0.25, -0.2) is 9.97 Å². The number of methoxy groups -OCH3 is 2. The summed E-state index contributed by atoms with van der Waals surface area (Å²) in [5.41, 5.74) is 4.16. The molecule has 0 amide bonds. The normalized spacial score (nSPS) is 24.5. The number of hydrogen-bond donors (Lipinski definition) is 2. The third-order valence-corrected chi connectivity index (χ3v) is 8.33. The highest BCUT2D eigenvalue weighted by Crippen LogP contribution is 2.57. The van der Waals surface area contributed by atoms with Gasteiger partial charge in [0.15, 0.2) is 16.6 Å². The van der Waals surface area contributed by atoms with Gasteiger partial charge in [0, 0.05) is 30.1 Å². The summed E-state index contributed by atoms with van der Waals surface area (Å²) in [7, 11) is 3.28. The number of benzene rings is 2. The van der Waals surface area contributed by atoms with Crippen LogP contribution in [-0.2, 0) is 6.54 Å². The van der Waals surface area contributed by atoms with Crippen LogP contribution < -0.4 is 14.8 Å². The predicted octanol–water partition coefficient (Wildman–Crippen LogP) is 4.82.